The Morgan fingerprint density at radius 1 is 1.13 bits per heavy atom. The smallest absolute Gasteiger partial charge is 0.237 e. The van der Waals surface area contributed by atoms with Gasteiger partial charge in [-0.3, -0.25) is 9.36 Å². The molecule has 3 aromatic rings. The van der Waals surface area contributed by atoms with Gasteiger partial charge in [-0.15, -0.1) is 10.2 Å². The molecule has 0 spiro atoms. The lowest BCUT2D eigenvalue weighted by molar-refractivity contribution is 0.415. The first-order valence-corrected chi connectivity index (χ1v) is 8.31. The molecule has 3 rings (SSSR count). The molecule has 0 amide bonds. The Kier molecular flexibility index (Phi) is 4.54. The van der Waals surface area contributed by atoms with Crippen LogP contribution in [-0.4, -0.2) is 29.8 Å². The first kappa shape index (κ1) is 16.2. The Hall–Kier alpha value is -1.67. The third-order valence-corrected chi connectivity index (χ3v) is 4.85. The molecule has 23 heavy (non-hydrogen) atoms. The quantitative estimate of drug-likeness (QED) is 0.659. The van der Waals surface area contributed by atoms with Gasteiger partial charge < -0.3 is 4.42 Å². The minimum Gasteiger partial charge on any atom is -0.423 e. The van der Waals surface area contributed by atoms with Gasteiger partial charge in [0, 0.05) is 19.2 Å². The van der Waals surface area contributed by atoms with Crippen LogP contribution < -0.4 is 0 Å². The second kappa shape index (κ2) is 6.45. The number of nitrogens with zero attached hydrogens (tertiary/aromatic N) is 6. The molecule has 9 heteroatoms. The molecule has 0 aliphatic rings. The molecule has 0 N–H and O–H groups in total. The van der Waals surface area contributed by atoms with Gasteiger partial charge >= 0.3 is 0 Å². The average Bonchev–Trinajstić information content (AvgIpc) is 3.14. The van der Waals surface area contributed by atoms with Crippen LogP contribution >= 0.6 is 27.5 Å². The summed E-state index contributed by atoms with van der Waals surface area (Å²) in [6.07, 6.45) is 2.49. The predicted molar refractivity (Wildman–Crippen MR) is 88.5 cm³/mol. The van der Waals surface area contributed by atoms with Gasteiger partial charge in [0.05, 0.1) is 26.6 Å². The molecule has 7 nitrogen and oxygen atoms in total. The van der Waals surface area contributed by atoms with Crippen molar-refractivity contribution in [1.82, 2.24) is 29.8 Å². The van der Waals surface area contributed by atoms with E-state index in [-0.39, 0.29) is 0 Å². The van der Waals surface area contributed by atoms with Gasteiger partial charge in [-0.2, -0.15) is 10.2 Å². The molecule has 0 saturated heterocycles. The molecule has 0 saturated carbocycles. The van der Waals surface area contributed by atoms with Gasteiger partial charge in [-0.25, -0.2) is 0 Å². The number of hydrogen-bond acceptors (Lipinski definition) is 5. The molecule has 0 radical (unpaired) electrons. The van der Waals surface area contributed by atoms with E-state index in [1.54, 1.807) is 4.68 Å². The highest BCUT2D eigenvalue weighted by Gasteiger charge is 2.12. The third-order valence-electron chi connectivity index (χ3n) is 3.52. The van der Waals surface area contributed by atoms with Gasteiger partial charge in [0.1, 0.15) is 6.54 Å². The Morgan fingerprint density at radius 2 is 1.87 bits per heavy atom. The summed E-state index contributed by atoms with van der Waals surface area (Å²) in [7, 11) is 0. The Bertz CT molecular complexity index is 817. The van der Waals surface area contributed by atoms with Gasteiger partial charge in [0.15, 0.2) is 0 Å². The SMILES string of the molecule is Cc1nn(Cc2nnc(CCn3nc(C)c(Cl)c3C)o2)cc1Br. The lowest BCUT2D eigenvalue weighted by Crippen LogP contribution is -2.05. The number of aryl methyl sites for hydroxylation is 4. The molecule has 0 aromatic carbocycles. The van der Waals surface area contributed by atoms with Crippen LogP contribution in [0.15, 0.2) is 15.1 Å². The molecule has 0 bridgehead atoms. The van der Waals surface area contributed by atoms with Crippen LogP contribution in [0.4, 0.5) is 0 Å². The summed E-state index contributed by atoms with van der Waals surface area (Å²) < 4.78 is 10.2. The monoisotopic (exact) mass is 398 g/mol. The summed E-state index contributed by atoms with van der Waals surface area (Å²) in [5.74, 6) is 1.10. The van der Waals surface area contributed by atoms with E-state index in [2.05, 4.69) is 36.3 Å². The van der Waals surface area contributed by atoms with Crippen LogP contribution in [0.1, 0.15) is 28.9 Å². The molecule has 3 heterocycles. The predicted octanol–water partition coefficient (Wildman–Crippen LogP) is 3.09. The van der Waals surface area contributed by atoms with Gasteiger partial charge in [-0.05, 0) is 36.7 Å². The van der Waals surface area contributed by atoms with Crippen molar-refractivity contribution in [3.63, 3.8) is 0 Å². The number of rotatable bonds is 5. The first-order chi connectivity index (χ1) is 10.9. The summed E-state index contributed by atoms with van der Waals surface area (Å²) in [6.45, 7) is 6.86. The van der Waals surface area contributed by atoms with Crippen LogP contribution in [0.3, 0.4) is 0 Å². The highest BCUT2D eigenvalue weighted by molar-refractivity contribution is 9.10. The number of halogens is 2. The van der Waals surface area contributed by atoms with Gasteiger partial charge in [-0.1, -0.05) is 11.6 Å². The van der Waals surface area contributed by atoms with Crippen molar-refractivity contribution in [3.8, 4) is 0 Å². The van der Waals surface area contributed by atoms with E-state index in [1.807, 2.05) is 31.6 Å². The van der Waals surface area contributed by atoms with E-state index in [9.17, 15) is 0 Å². The maximum atomic E-state index is 6.14. The fraction of sp³-hybridized carbons (Fsp3) is 0.429. The summed E-state index contributed by atoms with van der Waals surface area (Å²) >= 11 is 9.57. The number of hydrogen-bond donors (Lipinski definition) is 0. The van der Waals surface area contributed by atoms with Crippen molar-refractivity contribution < 1.29 is 4.42 Å². The van der Waals surface area contributed by atoms with E-state index in [0.29, 0.717) is 36.3 Å². The Morgan fingerprint density at radius 3 is 2.48 bits per heavy atom. The summed E-state index contributed by atoms with van der Waals surface area (Å²) in [5.41, 5.74) is 2.70. The standard InChI is InChI=1S/C14H16BrClN6O/c1-8-11(15)6-21(19-8)7-13-18-17-12(23-13)4-5-22-10(3)14(16)9(2)20-22/h6H,4-5,7H2,1-3H3. The van der Waals surface area contributed by atoms with Gasteiger partial charge in [0.2, 0.25) is 11.8 Å². The molecule has 0 fully saturated rings. The summed E-state index contributed by atoms with van der Waals surface area (Å²) in [4.78, 5) is 0. The van der Waals surface area contributed by atoms with Crippen molar-refractivity contribution in [1.29, 1.82) is 0 Å². The van der Waals surface area contributed by atoms with E-state index >= 15 is 0 Å². The largest absolute Gasteiger partial charge is 0.423 e. The van der Waals surface area contributed by atoms with Crippen molar-refractivity contribution in [2.45, 2.75) is 40.3 Å². The molecule has 0 aliphatic carbocycles. The topological polar surface area (TPSA) is 74.6 Å². The van der Waals surface area contributed by atoms with E-state index in [1.165, 1.54) is 0 Å². The molecular weight excluding hydrogens is 384 g/mol. The maximum absolute atomic E-state index is 6.14. The Balaban J connectivity index is 1.64. The minimum absolute atomic E-state index is 0.450. The van der Waals surface area contributed by atoms with Crippen molar-refractivity contribution in [3.05, 3.63) is 44.6 Å². The molecule has 122 valence electrons. The van der Waals surface area contributed by atoms with Crippen LogP contribution in [0, 0.1) is 20.8 Å². The highest BCUT2D eigenvalue weighted by atomic mass is 79.9. The first-order valence-electron chi connectivity index (χ1n) is 7.14. The second-order valence-corrected chi connectivity index (χ2v) is 6.54. The molecule has 0 aliphatic heterocycles. The molecular formula is C14H16BrClN6O. The third kappa shape index (κ3) is 3.48. The summed E-state index contributed by atoms with van der Waals surface area (Å²) in [6, 6.07) is 0. The second-order valence-electron chi connectivity index (χ2n) is 5.31. The zero-order chi connectivity index (χ0) is 16.6. The van der Waals surface area contributed by atoms with Crippen molar-refractivity contribution in [2.24, 2.45) is 0 Å². The van der Waals surface area contributed by atoms with Crippen molar-refractivity contribution in [2.75, 3.05) is 0 Å². The Labute approximate surface area is 146 Å². The van der Waals surface area contributed by atoms with Crippen LogP contribution in [0.25, 0.3) is 0 Å². The lowest BCUT2D eigenvalue weighted by atomic mass is 10.4. The van der Waals surface area contributed by atoms with Crippen LogP contribution in [-0.2, 0) is 19.5 Å². The normalized spacial score (nSPS) is 11.3. The maximum Gasteiger partial charge on any atom is 0.237 e. The van der Waals surface area contributed by atoms with E-state index in [0.717, 1.165) is 21.6 Å². The fourth-order valence-corrected chi connectivity index (χ4v) is 2.71. The minimum atomic E-state index is 0.450. The number of aromatic nitrogens is 6. The summed E-state index contributed by atoms with van der Waals surface area (Å²) in [5, 5.41) is 17.6. The molecule has 0 unspecified atom stereocenters. The van der Waals surface area contributed by atoms with E-state index in [4.69, 9.17) is 16.0 Å². The molecule has 3 aromatic heterocycles. The highest BCUT2D eigenvalue weighted by Crippen LogP contribution is 2.19. The van der Waals surface area contributed by atoms with Crippen LogP contribution in [0.5, 0.6) is 0 Å². The van der Waals surface area contributed by atoms with Gasteiger partial charge in [0.25, 0.3) is 0 Å². The van der Waals surface area contributed by atoms with E-state index < -0.39 is 0 Å². The zero-order valence-electron chi connectivity index (χ0n) is 13.0. The lowest BCUT2D eigenvalue weighted by Gasteiger charge is -2.01. The van der Waals surface area contributed by atoms with Crippen molar-refractivity contribution >= 4 is 27.5 Å². The molecule has 0 atom stereocenters. The van der Waals surface area contributed by atoms with Crippen LogP contribution in [0.2, 0.25) is 5.02 Å². The average molecular weight is 400 g/mol. The zero-order valence-corrected chi connectivity index (χ0v) is 15.4. The fourth-order valence-electron chi connectivity index (χ4n) is 2.26.